The second kappa shape index (κ2) is 5.73. The van der Waals surface area contributed by atoms with Crippen molar-refractivity contribution in [3.63, 3.8) is 0 Å². The maximum Gasteiger partial charge on any atom is 0.273 e. The number of benzene rings is 1. The molecule has 6 heteroatoms. The first-order chi connectivity index (χ1) is 11.3. The van der Waals surface area contributed by atoms with E-state index in [0.717, 1.165) is 15.8 Å². The van der Waals surface area contributed by atoms with Gasteiger partial charge in [0.25, 0.3) is 5.91 Å². The summed E-state index contributed by atoms with van der Waals surface area (Å²) in [4.78, 5) is 12.6. The van der Waals surface area contributed by atoms with Crippen LogP contribution < -0.4 is 5.32 Å². The first-order valence-corrected chi connectivity index (χ1v) is 8.01. The average molecular weight is 323 g/mol. The fraction of sp³-hybridized carbons (Fsp3) is 0.0588. The van der Waals surface area contributed by atoms with E-state index in [-0.39, 0.29) is 5.91 Å². The highest BCUT2D eigenvalue weighted by molar-refractivity contribution is 7.17. The number of thiophene rings is 1. The van der Waals surface area contributed by atoms with Crippen LogP contribution in [0.5, 0.6) is 0 Å². The number of nitrogens with one attached hydrogen (secondary N) is 1. The zero-order valence-electron chi connectivity index (χ0n) is 12.1. The van der Waals surface area contributed by atoms with Gasteiger partial charge in [-0.25, -0.2) is 0 Å². The molecule has 1 amide bonds. The van der Waals surface area contributed by atoms with Crippen LogP contribution in [0.2, 0.25) is 0 Å². The van der Waals surface area contributed by atoms with Gasteiger partial charge < -0.3 is 14.4 Å². The summed E-state index contributed by atoms with van der Waals surface area (Å²) in [5, 5.41) is 8.51. The van der Waals surface area contributed by atoms with Crippen molar-refractivity contribution in [3.8, 4) is 0 Å². The van der Waals surface area contributed by atoms with Crippen LogP contribution in [0.1, 0.15) is 16.1 Å². The number of carbonyl (C=O) groups excluding carboxylic acids is 1. The molecule has 0 radical (unpaired) electrons. The van der Waals surface area contributed by atoms with Gasteiger partial charge in [0, 0.05) is 12.6 Å². The summed E-state index contributed by atoms with van der Waals surface area (Å²) in [5.41, 5.74) is 2.81. The van der Waals surface area contributed by atoms with E-state index < -0.39 is 0 Å². The maximum absolute atomic E-state index is 12.6. The first-order valence-electron chi connectivity index (χ1n) is 7.13. The van der Waals surface area contributed by atoms with Crippen LogP contribution in [-0.2, 0) is 6.54 Å². The Hall–Kier alpha value is -2.86. The summed E-state index contributed by atoms with van der Waals surface area (Å²) in [6.07, 6.45) is 1.43. The Labute approximate surface area is 136 Å². The number of nitrogens with zero attached hydrogens (tertiary/aromatic N) is 2. The fourth-order valence-corrected chi connectivity index (χ4v) is 3.38. The average Bonchev–Trinajstić information content (AvgIpc) is 3.27. The molecule has 0 saturated carbocycles. The third kappa shape index (κ3) is 2.64. The van der Waals surface area contributed by atoms with Gasteiger partial charge >= 0.3 is 0 Å². The number of aromatic nitrogens is 2. The Kier molecular flexibility index (Phi) is 3.44. The number of hydrogen-bond acceptors (Lipinski definition) is 4. The summed E-state index contributed by atoms with van der Waals surface area (Å²) >= 11 is 1.62. The van der Waals surface area contributed by atoms with Crippen molar-refractivity contribution in [3.05, 3.63) is 71.4 Å². The third-order valence-corrected chi connectivity index (χ3v) is 4.47. The van der Waals surface area contributed by atoms with E-state index in [1.807, 2.05) is 40.3 Å². The molecule has 5 nitrogen and oxygen atoms in total. The van der Waals surface area contributed by atoms with E-state index in [2.05, 4.69) is 22.6 Å². The van der Waals surface area contributed by atoms with Crippen molar-refractivity contribution in [2.24, 2.45) is 0 Å². The van der Waals surface area contributed by atoms with Gasteiger partial charge in [-0.2, -0.15) is 0 Å². The minimum Gasteiger partial charge on any atom is -0.363 e. The summed E-state index contributed by atoms with van der Waals surface area (Å²) in [6.45, 7) is 0.642. The van der Waals surface area contributed by atoms with Crippen LogP contribution in [0.3, 0.4) is 0 Å². The molecular weight excluding hydrogens is 310 g/mol. The molecule has 1 N–H and O–H groups in total. The van der Waals surface area contributed by atoms with Crippen LogP contribution in [-0.4, -0.2) is 15.6 Å². The highest BCUT2D eigenvalue weighted by Gasteiger charge is 2.17. The summed E-state index contributed by atoms with van der Waals surface area (Å²) in [7, 11) is 0. The number of rotatable bonds is 4. The predicted octanol–water partition coefficient (Wildman–Crippen LogP) is 3.99. The molecule has 0 aliphatic carbocycles. The molecule has 0 aliphatic heterocycles. The summed E-state index contributed by atoms with van der Waals surface area (Å²) in [6, 6.07) is 15.7. The normalized spacial score (nSPS) is 11.0. The smallest absolute Gasteiger partial charge is 0.273 e. The van der Waals surface area contributed by atoms with Crippen molar-refractivity contribution >= 4 is 33.3 Å². The topological polar surface area (TPSA) is 60.1 Å². The molecule has 0 atom stereocenters. The van der Waals surface area contributed by atoms with Crippen molar-refractivity contribution < 1.29 is 9.32 Å². The van der Waals surface area contributed by atoms with Gasteiger partial charge in [0.1, 0.15) is 12.0 Å². The van der Waals surface area contributed by atoms with Crippen molar-refractivity contribution in [1.82, 2.24) is 9.72 Å². The largest absolute Gasteiger partial charge is 0.363 e. The molecule has 0 saturated heterocycles. The lowest BCUT2D eigenvalue weighted by Gasteiger charge is -2.10. The first kappa shape index (κ1) is 13.8. The molecule has 0 spiro atoms. The Balaban J connectivity index is 1.72. The van der Waals surface area contributed by atoms with Gasteiger partial charge in [-0.05, 0) is 23.1 Å². The maximum atomic E-state index is 12.6. The van der Waals surface area contributed by atoms with E-state index in [1.54, 1.807) is 17.4 Å². The fourth-order valence-electron chi connectivity index (χ4n) is 2.56. The second-order valence-corrected chi connectivity index (χ2v) is 6.06. The lowest BCUT2D eigenvalue weighted by molar-refractivity contribution is 0.101. The molecule has 23 heavy (non-hydrogen) atoms. The molecule has 114 valence electrons. The van der Waals surface area contributed by atoms with Crippen LogP contribution in [0, 0.1) is 0 Å². The molecule has 0 fully saturated rings. The van der Waals surface area contributed by atoms with Crippen molar-refractivity contribution in [2.45, 2.75) is 6.54 Å². The van der Waals surface area contributed by atoms with Crippen LogP contribution >= 0.6 is 11.3 Å². The molecule has 1 aromatic carbocycles. The minimum absolute atomic E-state index is 0.196. The van der Waals surface area contributed by atoms with Gasteiger partial charge in [0.05, 0.1) is 10.2 Å². The second-order valence-electron chi connectivity index (χ2n) is 5.11. The highest BCUT2D eigenvalue weighted by atomic mass is 32.1. The van der Waals surface area contributed by atoms with E-state index in [0.29, 0.717) is 18.1 Å². The van der Waals surface area contributed by atoms with Gasteiger partial charge in [-0.3, -0.25) is 4.79 Å². The number of hydrogen-bond donors (Lipinski definition) is 1. The Morgan fingerprint density at radius 2 is 2.09 bits per heavy atom. The summed E-state index contributed by atoms with van der Waals surface area (Å²) in [5.74, 6) is 0.212. The van der Waals surface area contributed by atoms with Gasteiger partial charge in [0.2, 0.25) is 0 Å². The van der Waals surface area contributed by atoms with Gasteiger partial charge in [0.15, 0.2) is 5.82 Å². The SMILES string of the molecule is O=C(Nc1ccon1)c1cc2sccc2n1Cc1ccccc1. The standard InChI is InChI=1S/C17H13N3O2S/c21-17(18-16-6-8-22-19-16)14-10-15-13(7-9-23-15)20(14)11-12-4-2-1-3-5-12/h1-10H,11H2,(H,18,19,21). The zero-order chi connectivity index (χ0) is 15.6. The quantitative estimate of drug-likeness (QED) is 0.618. The molecule has 4 rings (SSSR count). The number of anilines is 1. The van der Waals surface area contributed by atoms with Crippen LogP contribution in [0.4, 0.5) is 5.82 Å². The van der Waals surface area contributed by atoms with Gasteiger partial charge in [-0.15, -0.1) is 11.3 Å². The zero-order valence-corrected chi connectivity index (χ0v) is 12.9. The summed E-state index contributed by atoms with van der Waals surface area (Å²) < 4.78 is 7.87. The third-order valence-electron chi connectivity index (χ3n) is 3.62. The number of carbonyl (C=O) groups is 1. The molecule has 3 aromatic heterocycles. The molecule has 0 unspecified atom stereocenters. The number of amides is 1. The highest BCUT2D eigenvalue weighted by Crippen LogP contribution is 2.26. The molecular formula is C17H13N3O2S. The molecule has 4 aromatic rings. The van der Waals surface area contributed by atoms with E-state index in [9.17, 15) is 4.79 Å². The molecule has 3 heterocycles. The molecule has 0 bridgehead atoms. The lowest BCUT2D eigenvalue weighted by atomic mass is 10.2. The Bertz CT molecular complexity index is 939. The minimum atomic E-state index is -0.196. The van der Waals surface area contributed by atoms with Crippen LogP contribution in [0.15, 0.2) is 64.7 Å². The Morgan fingerprint density at radius 3 is 2.87 bits per heavy atom. The molecule has 0 aliphatic rings. The van der Waals surface area contributed by atoms with E-state index in [1.165, 1.54) is 6.26 Å². The van der Waals surface area contributed by atoms with Crippen molar-refractivity contribution in [2.75, 3.05) is 5.32 Å². The van der Waals surface area contributed by atoms with Gasteiger partial charge in [-0.1, -0.05) is 35.5 Å². The number of fused-ring (bicyclic) bond motifs is 1. The predicted molar refractivity (Wildman–Crippen MR) is 89.8 cm³/mol. The van der Waals surface area contributed by atoms with E-state index >= 15 is 0 Å². The van der Waals surface area contributed by atoms with Crippen molar-refractivity contribution in [1.29, 1.82) is 0 Å². The monoisotopic (exact) mass is 323 g/mol. The van der Waals surface area contributed by atoms with Crippen LogP contribution in [0.25, 0.3) is 10.2 Å². The Morgan fingerprint density at radius 1 is 1.22 bits per heavy atom. The van der Waals surface area contributed by atoms with E-state index in [4.69, 9.17) is 4.52 Å². The lowest BCUT2D eigenvalue weighted by Crippen LogP contribution is -2.17.